The van der Waals surface area contributed by atoms with Gasteiger partial charge in [-0.3, -0.25) is 9.59 Å². The fourth-order valence-electron chi connectivity index (χ4n) is 7.41. The molecule has 11 nitrogen and oxygen atoms in total. The van der Waals surface area contributed by atoms with E-state index < -0.39 is 5.79 Å². The van der Waals surface area contributed by atoms with Crippen molar-refractivity contribution in [1.29, 1.82) is 0 Å². The SMILES string of the molecule is CSc1cc(C)[nH]c(=O)c1CNC(=O)c1cc(-c2ccc(N3C[C@@H](C)O[C@@H](C)C3)nc2)c2c(c1C)OC(C)(C1CCN(C[C@H](C)O)CC1)O2. The number of aromatic amines is 1. The van der Waals surface area contributed by atoms with E-state index in [4.69, 9.17) is 19.2 Å². The van der Waals surface area contributed by atoms with Crippen molar-refractivity contribution in [1.82, 2.24) is 20.2 Å². The molecule has 2 saturated heterocycles. The number of nitrogens with zero attached hydrogens (tertiary/aromatic N) is 3. The average molecular weight is 692 g/mol. The van der Waals surface area contributed by atoms with E-state index in [2.05, 4.69) is 33.9 Å². The van der Waals surface area contributed by atoms with Gasteiger partial charge in [-0.05, 0) is 91.1 Å². The van der Waals surface area contributed by atoms with E-state index in [9.17, 15) is 14.7 Å². The number of aliphatic hydroxyl groups excluding tert-OH is 1. The molecule has 4 atom stereocenters. The van der Waals surface area contributed by atoms with Gasteiger partial charge in [-0.15, -0.1) is 11.8 Å². The summed E-state index contributed by atoms with van der Waals surface area (Å²) in [5.41, 5.74) is 3.74. The number of pyridine rings is 2. The number of benzene rings is 1. The number of carbonyl (C=O) groups is 1. The Morgan fingerprint density at radius 3 is 2.47 bits per heavy atom. The van der Waals surface area contributed by atoms with Crippen molar-refractivity contribution in [2.24, 2.45) is 5.92 Å². The van der Waals surface area contributed by atoms with Gasteiger partial charge in [0, 0.05) is 83.6 Å². The van der Waals surface area contributed by atoms with Crippen molar-refractivity contribution in [3.05, 3.63) is 63.2 Å². The highest BCUT2D eigenvalue weighted by Crippen LogP contribution is 2.52. The molecule has 3 aliphatic rings. The molecular formula is C37H49N5O6S. The molecule has 2 fully saturated rings. The lowest BCUT2D eigenvalue weighted by Gasteiger charge is -2.39. The zero-order valence-electron chi connectivity index (χ0n) is 29.6. The molecule has 0 bridgehead atoms. The molecule has 1 amide bonds. The summed E-state index contributed by atoms with van der Waals surface area (Å²) in [7, 11) is 0. The van der Waals surface area contributed by atoms with Gasteiger partial charge in [0.1, 0.15) is 5.82 Å². The number of piperidine rings is 1. The number of fused-ring (bicyclic) bond motifs is 1. The highest BCUT2D eigenvalue weighted by molar-refractivity contribution is 7.98. The predicted octanol–water partition coefficient (Wildman–Crippen LogP) is 4.90. The van der Waals surface area contributed by atoms with Gasteiger partial charge >= 0.3 is 0 Å². The first-order valence-corrected chi connectivity index (χ1v) is 18.5. The largest absolute Gasteiger partial charge is 0.448 e. The Hall–Kier alpha value is -3.58. The molecule has 1 aromatic carbocycles. The van der Waals surface area contributed by atoms with E-state index in [0.717, 1.165) is 66.6 Å². The molecule has 1 unspecified atom stereocenters. The van der Waals surface area contributed by atoms with Crippen LogP contribution in [0, 0.1) is 19.8 Å². The van der Waals surface area contributed by atoms with Crippen molar-refractivity contribution >= 4 is 23.5 Å². The normalized spacial score (nSPS) is 23.5. The zero-order valence-corrected chi connectivity index (χ0v) is 30.4. The molecule has 6 rings (SSSR count). The maximum Gasteiger partial charge on any atom is 0.254 e. The van der Waals surface area contributed by atoms with Crippen molar-refractivity contribution in [2.75, 3.05) is 43.9 Å². The molecule has 5 heterocycles. The van der Waals surface area contributed by atoms with Crippen LogP contribution in [0.1, 0.15) is 67.7 Å². The molecule has 49 heavy (non-hydrogen) atoms. The van der Waals surface area contributed by atoms with E-state index in [0.29, 0.717) is 34.7 Å². The molecule has 264 valence electrons. The lowest BCUT2D eigenvalue weighted by atomic mass is 9.89. The minimum atomic E-state index is -0.927. The standard InChI is InChI=1S/C37H49N5O6S/c1-21-14-31(49-7)30(36(45)40-21)17-39-35(44)28-15-29(26-8-9-32(38-16-26)42-19-23(3)46-24(4)20-42)34-33(25(28)5)47-37(6,48-34)27-10-12-41(13-11-27)18-22(2)43/h8-9,14-16,22-24,27,43H,10-13,17-20H2,1-7H3,(H,39,44)(H,40,45)/t22-,23-,24+,37?/m0/s1. The van der Waals surface area contributed by atoms with Crippen LogP contribution in [0.15, 0.2) is 40.2 Å². The minimum absolute atomic E-state index is 0.0865. The van der Waals surface area contributed by atoms with E-state index >= 15 is 0 Å². The molecule has 2 aromatic heterocycles. The quantitative estimate of drug-likeness (QED) is 0.267. The molecule has 3 N–H and O–H groups in total. The minimum Gasteiger partial charge on any atom is -0.448 e. The van der Waals surface area contributed by atoms with Gasteiger partial charge in [0.25, 0.3) is 17.3 Å². The van der Waals surface area contributed by atoms with Crippen LogP contribution in [0.3, 0.4) is 0 Å². The van der Waals surface area contributed by atoms with Crippen molar-refractivity contribution in [3.63, 3.8) is 0 Å². The summed E-state index contributed by atoms with van der Waals surface area (Å²) < 4.78 is 19.4. The Kier molecular flexibility index (Phi) is 10.3. The molecule has 0 aliphatic carbocycles. The predicted molar refractivity (Wildman–Crippen MR) is 192 cm³/mol. The number of amides is 1. The monoisotopic (exact) mass is 691 g/mol. The van der Waals surface area contributed by atoms with Crippen molar-refractivity contribution in [2.45, 2.75) is 89.9 Å². The van der Waals surface area contributed by atoms with Crippen LogP contribution in [0.25, 0.3) is 11.1 Å². The summed E-state index contributed by atoms with van der Waals surface area (Å²) in [6.07, 6.45) is 5.30. The lowest BCUT2D eigenvalue weighted by molar-refractivity contribution is -0.125. The van der Waals surface area contributed by atoms with E-state index in [-0.39, 0.29) is 42.2 Å². The highest BCUT2D eigenvalue weighted by atomic mass is 32.2. The number of ether oxygens (including phenoxy) is 3. The molecule has 0 saturated carbocycles. The van der Waals surface area contributed by atoms with E-state index in [1.807, 2.05) is 64.4 Å². The first kappa shape index (κ1) is 35.3. The number of H-pyrrole nitrogens is 1. The first-order valence-electron chi connectivity index (χ1n) is 17.2. The third-order valence-electron chi connectivity index (χ3n) is 9.87. The second kappa shape index (κ2) is 14.3. The summed E-state index contributed by atoms with van der Waals surface area (Å²) in [4.78, 5) is 39.8. The average Bonchev–Trinajstić information content (AvgIpc) is 3.43. The fourth-order valence-corrected chi connectivity index (χ4v) is 8.12. The fraction of sp³-hybridized carbons (Fsp3) is 0.541. The number of aliphatic hydroxyl groups is 1. The number of nitrogens with one attached hydrogen (secondary N) is 2. The zero-order chi connectivity index (χ0) is 35.0. The molecule has 3 aliphatic heterocycles. The number of hydrogen-bond donors (Lipinski definition) is 3. The van der Waals surface area contributed by atoms with E-state index in [1.54, 1.807) is 0 Å². The summed E-state index contributed by atoms with van der Waals surface area (Å²) in [5.74, 6) is 0.896. The summed E-state index contributed by atoms with van der Waals surface area (Å²) >= 11 is 1.48. The summed E-state index contributed by atoms with van der Waals surface area (Å²) in [6, 6.07) is 7.80. The Labute approximate surface area is 292 Å². The van der Waals surface area contributed by atoms with Gasteiger partial charge in [-0.25, -0.2) is 4.98 Å². The summed E-state index contributed by atoms with van der Waals surface area (Å²) in [6.45, 7) is 15.6. The Morgan fingerprint density at radius 1 is 1.14 bits per heavy atom. The lowest BCUT2D eigenvalue weighted by Crippen LogP contribution is -2.49. The van der Waals surface area contributed by atoms with Gasteiger partial charge in [-0.1, -0.05) is 0 Å². The Balaban J connectivity index is 1.32. The number of anilines is 1. The maximum atomic E-state index is 13.9. The second-order valence-electron chi connectivity index (χ2n) is 14.0. The topological polar surface area (TPSA) is 129 Å². The molecule has 0 radical (unpaired) electrons. The Bertz CT molecular complexity index is 1730. The number of carbonyl (C=O) groups excluding carboxylic acids is 1. The molecule has 12 heteroatoms. The number of hydrogen-bond acceptors (Lipinski definition) is 10. The Morgan fingerprint density at radius 2 is 1.84 bits per heavy atom. The summed E-state index contributed by atoms with van der Waals surface area (Å²) in [5, 5.41) is 12.9. The second-order valence-corrected chi connectivity index (χ2v) is 14.8. The third-order valence-corrected chi connectivity index (χ3v) is 10.7. The van der Waals surface area contributed by atoms with Crippen molar-refractivity contribution < 1.29 is 24.1 Å². The van der Waals surface area contributed by atoms with Gasteiger partial charge in [-0.2, -0.15) is 0 Å². The molecule has 3 aromatic rings. The van der Waals surface area contributed by atoms with Crippen LogP contribution in [0.5, 0.6) is 11.5 Å². The van der Waals surface area contributed by atoms with Crippen LogP contribution >= 0.6 is 11.8 Å². The first-order chi connectivity index (χ1) is 23.3. The van der Waals surface area contributed by atoms with Crippen LogP contribution in [-0.2, 0) is 11.3 Å². The number of likely N-dealkylation sites (tertiary alicyclic amines) is 1. The van der Waals surface area contributed by atoms with Crippen LogP contribution in [0.4, 0.5) is 5.82 Å². The molecular weight excluding hydrogens is 643 g/mol. The highest BCUT2D eigenvalue weighted by Gasteiger charge is 2.47. The van der Waals surface area contributed by atoms with E-state index in [1.165, 1.54) is 11.8 Å². The number of rotatable bonds is 9. The van der Waals surface area contributed by atoms with Gasteiger partial charge in [0.2, 0.25) is 0 Å². The number of morpholine rings is 1. The van der Waals surface area contributed by atoms with Crippen LogP contribution in [-0.4, -0.2) is 89.0 Å². The van der Waals surface area contributed by atoms with Crippen LogP contribution in [0.2, 0.25) is 0 Å². The number of thioether (sulfide) groups is 1. The molecule has 0 spiro atoms. The van der Waals surface area contributed by atoms with Crippen LogP contribution < -0.4 is 25.2 Å². The number of aromatic nitrogens is 2. The maximum absolute atomic E-state index is 13.9. The van der Waals surface area contributed by atoms with Gasteiger partial charge < -0.3 is 39.4 Å². The van der Waals surface area contributed by atoms with Crippen molar-refractivity contribution in [3.8, 4) is 22.6 Å². The smallest absolute Gasteiger partial charge is 0.254 e. The number of aryl methyl sites for hydroxylation is 1. The van der Waals surface area contributed by atoms with Gasteiger partial charge in [0.15, 0.2) is 11.5 Å². The number of β-amino-alcohol motifs (C(OH)–C–C–N with tert-alkyl or cyclic N) is 1. The third kappa shape index (κ3) is 7.47. The van der Waals surface area contributed by atoms with Gasteiger partial charge in [0.05, 0.1) is 18.3 Å².